The second kappa shape index (κ2) is 7.11. The maximum absolute atomic E-state index is 12.6. The molecule has 5 nitrogen and oxygen atoms in total. The van der Waals surface area contributed by atoms with E-state index in [1.54, 1.807) is 12.1 Å². The van der Waals surface area contributed by atoms with Crippen LogP contribution in [0.4, 0.5) is 5.69 Å². The first-order valence-electron chi connectivity index (χ1n) is 7.99. The van der Waals surface area contributed by atoms with Crippen LogP contribution in [0.3, 0.4) is 0 Å². The first kappa shape index (κ1) is 17.8. The summed E-state index contributed by atoms with van der Waals surface area (Å²) < 4.78 is 10.6. The zero-order chi connectivity index (χ0) is 18.8. The van der Waals surface area contributed by atoms with E-state index >= 15 is 0 Å². The fourth-order valence-corrected chi connectivity index (χ4v) is 3.22. The van der Waals surface area contributed by atoms with Crippen LogP contribution in [0.5, 0.6) is 11.5 Å². The molecule has 0 bridgehead atoms. The van der Waals surface area contributed by atoms with Crippen LogP contribution in [0.15, 0.2) is 29.8 Å². The number of carbonyl (C=O) groups is 1. The predicted molar refractivity (Wildman–Crippen MR) is 100 cm³/mol. The van der Waals surface area contributed by atoms with Crippen molar-refractivity contribution >= 4 is 29.3 Å². The van der Waals surface area contributed by atoms with Crippen LogP contribution in [0.25, 0.3) is 6.08 Å². The average Bonchev–Trinajstić information content (AvgIpc) is 3.04. The third-order valence-electron chi connectivity index (χ3n) is 4.04. The number of rotatable bonds is 3. The van der Waals surface area contributed by atoms with Gasteiger partial charge in [0.15, 0.2) is 11.5 Å². The highest BCUT2D eigenvalue weighted by Gasteiger charge is 2.19. The number of halogens is 1. The Morgan fingerprint density at radius 3 is 2.54 bits per heavy atom. The normalized spacial score (nSPS) is 12.7. The van der Waals surface area contributed by atoms with E-state index in [9.17, 15) is 10.1 Å². The summed E-state index contributed by atoms with van der Waals surface area (Å²) >= 11 is 6.15. The Labute approximate surface area is 156 Å². The minimum atomic E-state index is -0.476. The van der Waals surface area contributed by atoms with Gasteiger partial charge in [-0.2, -0.15) is 5.26 Å². The van der Waals surface area contributed by atoms with Crippen LogP contribution in [0.2, 0.25) is 5.02 Å². The summed E-state index contributed by atoms with van der Waals surface area (Å²) in [6, 6.07) is 9.22. The molecule has 1 N–H and O–H groups in total. The summed E-state index contributed by atoms with van der Waals surface area (Å²) in [5, 5.41) is 12.6. The second-order valence-electron chi connectivity index (χ2n) is 6.13. The van der Waals surface area contributed by atoms with E-state index in [0.29, 0.717) is 27.8 Å². The lowest BCUT2D eigenvalue weighted by molar-refractivity contribution is -0.112. The number of nitrogens with one attached hydrogen (secondary N) is 1. The van der Waals surface area contributed by atoms with Crippen molar-refractivity contribution in [1.29, 1.82) is 5.26 Å². The molecule has 0 atom stereocenters. The molecular formula is C20H17ClN2O3. The van der Waals surface area contributed by atoms with Crippen molar-refractivity contribution in [3.05, 3.63) is 57.1 Å². The summed E-state index contributed by atoms with van der Waals surface area (Å²) in [6.45, 7) is 5.93. The zero-order valence-electron chi connectivity index (χ0n) is 14.6. The van der Waals surface area contributed by atoms with Crippen LogP contribution >= 0.6 is 11.6 Å². The van der Waals surface area contributed by atoms with Gasteiger partial charge in [0.1, 0.15) is 11.6 Å². The number of hydrogen-bond acceptors (Lipinski definition) is 4. The summed E-state index contributed by atoms with van der Waals surface area (Å²) in [7, 11) is 0. The Balaban J connectivity index is 1.90. The van der Waals surface area contributed by atoms with Crippen LogP contribution < -0.4 is 14.8 Å². The van der Waals surface area contributed by atoms with E-state index in [-0.39, 0.29) is 12.4 Å². The average molecular weight is 369 g/mol. The number of nitriles is 1. The van der Waals surface area contributed by atoms with Gasteiger partial charge in [0.05, 0.1) is 5.02 Å². The molecule has 0 aromatic heterocycles. The van der Waals surface area contributed by atoms with Gasteiger partial charge in [0.25, 0.3) is 5.91 Å². The van der Waals surface area contributed by atoms with Crippen molar-refractivity contribution in [3.63, 3.8) is 0 Å². The van der Waals surface area contributed by atoms with Crippen molar-refractivity contribution in [1.82, 2.24) is 0 Å². The molecule has 0 unspecified atom stereocenters. The molecule has 26 heavy (non-hydrogen) atoms. The maximum Gasteiger partial charge on any atom is 0.266 e. The van der Waals surface area contributed by atoms with Gasteiger partial charge in [0, 0.05) is 5.69 Å². The largest absolute Gasteiger partial charge is 0.454 e. The number of amides is 1. The number of benzene rings is 2. The molecule has 0 saturated heterocycles. The first-order valence-corrected chi connectivity index (χ1v) is 8.37. The van der Waals surface area contributed by atoms with E-state index in [1.165, 1.54) is 6.08 Å². The molecule has 0 radical (unpaired) electrons. The second-order valence-corrected chi connectivity index (χ2v) is 6.54. The molecule has 0 aliphatic carbocycles. The number of carbonyl (C=O) groups excluding carboxylic acids is 1. The van der Waals surface area contributed by atoms with Crippen LogP contribution in [-0.2, 0) is 4.79 Å². The van der Waals surface area contributed by atoms with E-state index < -0.39 is 5.91 Å². The quantitative estimate of drug-likeness (QED) is 0.637. The number of anilines is 1. The summed E-state index contributed by atoms with van der Waals surface area (Å²) in [4.78, 5) is 12.6. The Morgan fingerprint density at radius 2 is 1.88 bits per heavy atom. The molecule has 1 heterocycles. The lowest BCUT2D eigenvalue weighted by Gasteiger charge is -2.12. The fourth-order valence-electron chi connectivity index (χ4n) is 2.94. The maximum atomic E-state index is 12.6. The van der Waals surface area contributed by atoms with Gasteiger partial charge in [-0.3, -0.25) is 4.79 Å². The standard InChI is InChI=1S/C20H17ClN2O3/c1-11-4-12(2)18(13(3)5-11)23-20(24)15(9-22)6-14-7-16(21)19-17(8-14)25-10-26-19/h4-8H,10H2,1-3H3,(H,23,24)/b15-6+. The van der Waals surface area contributed by atoms with E-state index in [4.69, 9.17) is 21.1 Å². The van der Waals surface area contributed by atoms with Crippen molar-refractivity contribution in [2.75, 3.05) is 12.1 Å². The zero-order valence-corrected chi connectivity index (χ0v) is 15.4. The Morgan fingerprint density at radius 1 is 1.19 bits per heavy atom. The topological polar surface area (TPSA) is 71.4 Å². The smallest absolute Gasteiger partial charge is 0.266 e. The van der Waals surface area contributed by atoms with Crippen LogP contribution in [0, 0.1) is 32.1 Å². The van der Waals surface area contributed by atoms with Gasteiger partial charge in [-0.25, -0.2) is 0 Å². The minimum absolute atomic E-state index is 0.0284. The van der Waals surface area contributed by atoms with Crippen molar-refractivity contribution < 1.29 is 14.3 Å². The number of nitrogens with zero attached hydrogens (tertiary/aromatic N) is 1. The van der Waals surface area contributed by atoms with Crippen LogP contribution in [-0.4, -0.2) is 12.7 Å². The SMILES string of the molecule is Cc1cc(C)c(NC(=O)/C(C#N)=C/c2cc(Cl)c3c(c2)OCO3)c(C)c1. The molecule has 0 spiro atoms. The van der Waals surface area contributed by atoms with Gasteiger partial charge >= 0.3 is 0 Å². The molecule has 1 aliphatic heterocycles. The fraction of sp³-hybridized carbons (Fsp3) is 0.200. The van der Waals surface area contributed by atoms with E-state index in [0.717, 1.165) is 16.7 Å². The van der Waals surface area contributed by atoms with Gasteiger partial charge in [-0.15, -0.1) is 0 Å². The molecular weight excluding hydrogens is 352 g/mol. The van der Waals surface area contributed by atoms with Crippen molar-refractivity contribution in [2.24, 2.45) is 0 Å². The highest BCUT2D eigenvalue weighted by molar-refractivity contribution is 6.32. The Kier molecular flexibility index (Phi) is 4.88. The van der Waals surface area contributed by atoms with Gasteiger partial charge in [0.2, 0.25) is 6.79 Å². The molecule has 3 rings (SSSR count). The molecule has 2 aromatic carbocycles. The van der Waals surface area contributed by atoms with Crippen molar-refractivity contribution in [2.45, 2.75) is 20.8 Å². The van der Waals surface area contributed by atoms with Gasteiger partial charge in [-0.05, 0) is 55.7 Å². The minimum Gasteiger partial charge on any atom is -0.454 e. The molecule has 1 amide bonds. The number of fused-ring (bicyclic) bond motifs is 1. The lowest BCUT2D eigenvalue weighted by Crippen LogP contribution is -2.15. The van der Waals surface area contributed by atoms with Crippen LogP contribution in [0.1, 0.15) is 22.3 Å². The summed E-state index contributed by atoms with van der Waals surface area (Å²) in [5.41, 5.74) is 4.27. The number of aryl methyl sites for hydroxylation is 3. The van der Waals surface area contributed by atoms with Crippen molar-refractivity contribution in [3.8, 4) is 17.6 Å². The summed E-state index contributed by atoms with van der Waals surface area (Å²) in [6.07, 6.45) is 1.47. The number of ether oxygens (including phenoxy) is 2. The summed E-state index contributed by atoms with van der Waals surface area (Å²) in [5.74, 6) is 0.487. The van der Waals surface area contributed by atoms with Gasteiger partial charge in [-0.1, -0.05) is 29.3 Å². The molecule has 132 valence electrons. The molecule has 0 fully saturated rings. The first-order chi connectivity index (χ1) is 12.4. The highest BCUT2D eigenvalue weighted by Crippen LogP contribution is 2.40. The number of hydrogen-bond donors (Lipinski definition) is 1. The monoisotopic (exact) mass is 368 g/mol. The molecule has 0 saturated carbocycles. The van der Waals surface area contributed by atoms with E-state index in [1.807, 2.05) is 39.0 Å². The molecule has 2 aromatic rings. The third-order valence-corrected chi connectivity index (χ3v) is 4.32. The highest BCUT2D eigenvalue weighted by atomic mass is 35.5. The molecule has 1 aliphatic rings. The van der Waals surface area contributed by atoms with E-state index in [2.05, 4.69) is 5.32 Å². The predicted octanol–water partition coefficient (Wildman–Crippen LogP) is 4.54. The lowest BCUT2D eigenvalue weighted by atomic mass is 10.0. The Hall–Kier alpha value is -2.97. The Bertz CT molecular complexity index is 951. The third kappa shape index (κ3) is 3.51. The van der Waals surface area contributed by atoms with Gasteiger partial charge < -0.3 is 14.8 Å². The molecule has 6 heteroatoms.